The number of carbonyl (C=O) groups excluding carboxylic acids is 1. The Morgan fingerprint density at radius 2 is 2.06 bits per heavy atom. The van der Waals surface area contributed by atoms with Crippen molar-refractivity contribution in [3.63, 3.8) is 0 Å². The molecule has 2 fully saturated rings. The zero-order chi connectivity index (χ0) is 21.4. The highest BCUT2D eigenvalue weighted by Gasteiger charge is 2.41. The molecule has 2 aromatic rings. The number of fused-ring (bicyclic) bond motifs is 4. The van der Waals surface area contributed by atoms with E-state index >= 15 is 0 Å². The fraction of sp³-hybridized carbons (Fsp3) is 0.500. The SMILES string of the molecule is COc1c(C(=O)N[C@H](C)c2ccccc2)ccc2c1[C@H]1C[C@H]3NCCC[C@H]3CN1CC2. The number of carbonyl (C=O) groups is 1. The van der Waals surface area contributed by atoms with E-state index in [1.807, 2.05) is 43.3 Å². The maximum Gasteiger partial charge on any atom is 0.255 e. The van der Waals surface area contributed by atoms with Crippen LogP contribution in [0.2, 0.25) is 0 Å². The topological polar surface area (TPSA) is 53.6 Å². The van der Waals surface area contributed by atoms with Crippen LogP contribution >= 0.6 is 0 Å². The highest BCUT2D eigenvalue weighted by atomic mass is 16.5. The predicted octanol–water partition coefficient (Wildman–Crippen LogP) is 3.86. The Bertz CT molecular complexity index is 945. The number of hydrogen-bond donors (Lipinski definition) is 2. The number of ether oxygens (including phenoxy) is 1. The summed E-state index contributed by atoms with van der Waals surface area (Å²) in [4.78, 5) is 15.9. The number of hydrogen-bond acceptors (Lipinski definition) is 4. The van der Waals surface area contributed by atoms with Gasteiger partial charge in [-0.25, -0.2) is 0 Å². The molecule has 3 aliphatic rings. The summed E-state index contributed by atoms with van der Waals surface area (Å²) < 4.78 is 5.93. The molecular formula is C26H33N3O2. The largest absolute Gasteiger partial charge is 0.496 e. The summed E-state index contributed by atoms with van der Waals surface area (Å²) in [7, 11) is 1.70. The van der Waals surface area contributed by atoms with Gasteiger partial charge >= 0.3 is 0 Å². The van der Waals surface area contributed by atoms with Crippen molar-refractivity contribution in [1.29, 1.82) is 0 Å². The molecule has 5 nitrogen and oxygen atoms in total. The molecule has 5 heteroatoms. The van der Waals surface area contributed by atoms with E-state index in [4.69, 9.17) is 4.74 Å². The van der Waals surface area contributed by atoms with Crippen LogP contribution in [0, 0.1) is 5.92 Å². The molecule has 4 atom stereocenters. The minimum Gasteiger partial charge on any atom is -0.496 e. The van der Waals surface area contributed by atoms with Crippen molar-refractivity contribution >= 4 is 5.91 Å². The zero-order valence-corrected chi connectivity index (χ0v) is 18.6. The van der Waals surface area contributed by atoms with Gasteiger partial charge in [0.25, 0.3) is 5.91 Å². The lowest BCUT2D eigenvalue weighted by Crippen LogP contribution is -2.54. The van der Waals surface area contributed by atoms with Crippen molar-refractivity contribution in [2.24, 2.45) is 5.92 Å². The van der Waals surface area contributed by atoms with Crippen molar-refractivity contribution in [1.82, 2.24) is 15.5 Å². The van der Waals surface area contributed by atoms with Gasteiger partial charge in [-0.1, -0.05) is 36.4 Å². The Labute approximate surface area is 185 Å². The number of methoxy groups -OCH3 is 1. The smallest absolute Gasteiger partial charge is 0.255 e. The molecule has 2 N–H and O–H groups in total. The minimum atomic E-state index is -0.0717. The molecule has 0 aromatic heterocycles. The Kier molecular flexibility index (Phi) is 5.72. The van der Waals surface area contributed by atoms with Crippen LogP contribution in [0.5, 0.6) is 5.75 Å². The maximum absolute atomic E-state index is 13.3. The molecule has 31 heavy (non-hydrogen) atoms. The van der Waals surface area contributed by atoms with Crippen molar-refractivity contribution in [2.75, 3.05) is 26.7 Å². The quantitative estimate of drug-likeness (QED) is 0.790. The molecule has 0 radical (unpaired) electrons. The lowest BCUT2D eigenvalue weighted by Gasteiger charge is -2.49. The molecule has 0 spiro atoms. The molecule has 1 amide bonds. The van der Waals surface area contributed by atoms with Crippen molar-refractivity contribution in [3.05, 3.63) is 64.7 Å². The summed E-state index contributed by atoms with van der Waals surface area (Å²) in [6, 6.07) is 15.0. The van der Waals surface area contributed by atoms with Crippen LogP contribution in [0.4, 0.5) is 0 Å². The van der Waals surface area contributed by atoms with Crippen LogP contribution in [0.25, 0.3) is 0 Å². The first-order chi connectivity index (χ1) is 15.2. The minimum absolute atomic E-state index is 0.0622. The molecule has 2 saturated heterocycles. The summed E-state index contributed by atoms with van der Waals surface area (Å²) in [6.07, 6.45) is 4.73. The second-order valence-electron chi connectivity index (χ2n) is 9.28. The van der Waals surface area contributed by atoms with E-state index in [9.17, 15) is 4.79 Å². The second-order valence-corrected chi connectivity index (χ2v) is 9.28. The van der Waals surface area contributed by atoms with E-state index in [1.165, 1.54) is 24.0 Å². The van der Waals surface area contributed by atoms with Gasteiger partial charge in [-0.3, -0.25) is 9.69 Å². The number of rotatable bonds is 4. The van der Waals surface area contributed by atoms with Crippen LogP contribution in [-0.4, -0.2) is 43.6 Å². The predicted molar refractivity (Wildman–Crippen MR) is 122 cm³/mol. The molecule has 0 aliphatic carbocycles. The molecular weight excluding hydrogens is 386 g/mol. The second kappa shape index (κ2) is 8.64. The maximum atomic E-state index is 13.3. The van der Waals surface area contributed by atoms with Gasteiger partial charge in [-0.05, 0) is 62.3 Å². The third-order valence-electron chi connectivity index (χ3n) is 7.50. The fourth-order valence-corrected chi connectivity index (χ4v) is 5.87. The summed E-state index contributed by atoms with van der Waals surface area (Å²) >= 11 is 0. The number of nitrogens with one attached hydrogen (secondary N) is 2. The van der Waals surface area contributed by atoms with E-state index in [1.54, 1.807) is 7.11 Å². The fourth-order valence-electron chi connectivity index (χ4n) is 5.87. The van der Waals surface area contributed by atoms with E-state index in [0.29, 0.717) is 17.6 Å². The normalized spacial score (nSPS) is 26.2. The first-order valence-corrected chi connectivity index (χ1v) is 11.7. The van der Waals surface area contributed by atoms with Crippen LogP contribution in [0.1, 0.15) is 65.3 Å². The first kappa shape index (κ1) is 20.5. The lowest BCUT2D eigenvalue weighted by molar-refractivity contribution is 0.0537. The van der Waals surface area contributed by atoms with Gasteiger partial charge in [0.15, 0.2) is 0 Å². The molecule has 2 aromatic carbocycles. The highest BCUT2D eigenvalue weighted by Crippen LogP contribution is 2.45. The average Bonchev–Trinajstić information content (AvgIpc) is 2.82. The van der Waals surface area contributed by atoms with Crippen molar-refractivity contribution in [3.8, 4) is 5.75 Å². The van der Waals surface area contributed by atoms with Gasteiger partial charge in [-0.15, -0.1) is 0 Å². The van der Waals surface area contributed by atoms with Gasteiger partial charge in [0, 0.05) is 30.7 Å². The van der Waals surface area contributed by atoms with Crippen LogP contribution in [0.3, 0.4) is 0 Å². The van der Waals surface area contributed by atoms with Gasteiger partial charge in [-0.2, -0.15) is 0 Å². The molecule has 0 unspecified atom stereocenters. The average molecular weight is 420 g/mol. The van der Waals surface area contributed by atoms with Gasteiger partial charge < -0.3 is 15.4 Å². The Balaban J connectivity index is 1.44. The first-order valence-electron chi connectivity index (χ1n) is 11.7. The summed E-state index contributed by atoms with van der Waals surface area (Å²) in [5, 5.41) is 6.92. The zero-order valence-electron chi connectivity index (χ0n) is 18.6. The molecule has 0 saturated carbocycles. The number of amides is 1. The third-order valence-corrected chi connectivity index (χ3v) is 7.50. The van der Waals surface area contributed by atoms with Crippen molar-refractivity contribution < 1.29 is 9.53 Å². The third kappa shape index (κ3) is 3.85. The summed E-state index contributed by atoms with van der Waals surface area (Å²) in [5.74, 6) is 1.44. The molecule has 3 heterocycles. The molecule has 3 aliphatic heterocycles. The summed E-state index contributed by atoms with van der Waals surface area (Å²) in [5.41, 5.74) is 4.31. The van der Waals surface area contributed by atoms with Gasteiger partial charge in [0.1, 0.15) is 5.75 Å². The van der Waals surface area contributed by atoms with E-state index in [2.05, 4.69) is 21.6 Å². The van der Waals surface area contributed by atoms with Crippen LogP contribution in [0.15, 0.2) is 42.5 Å². The molecule has 164 valence electrons. The van der Waals surface area contributed by atoms with Crippen LogP contribution < -0.4 is 15.4 Å². The summed E-state index contributed by atoms with van der Waals surface area (Å²) in [6.45, 7) is 5.39. The standard InChI is InChI=1S/C26H33N3O2/c1-17(18-7-4-3-5-8-18)28-26(30)21-11-10-19-12-14-29-16-20-9-6-13-27-22(20)15-23(29)24(19)25(21)31-2/h3-5,7-8,10-11,17,20,22-23,27H,6,9,12-16H2,1-2H3,(H,28,30)/t17-,20+,22-,23-/m1/s1. The Hall–Kier alpha value is -2.37. The molecule has 0 bridgehead atoms. The monoisotopic (exact) mass is 419 g/mol. The van der Waals surface area contributed by atoms with Gasteiger partial charge in [0.2, 0.25) is 0 Å². The van der Waals surface area contributed by atoms with E-state index in [-0.39, 0.29) is 11.9 Å². The van der Waals surface area contributed by atoms with E-state index < -0.39 is 0 Å². The van der Waals surface area contributed by atoms with Gasteiger partial charge in [0.05, 0.1) is 18.7 Å². The lowest BCUT2D eigenvalue weighted by atomic mass is 9.77. The van der Waals surface area contributed by atoms with E-state index in [0.717, 1.165) is 49.7 Å². The number of nitrogens with zero attached hydrogens (tertiary/aromatic N) is 1. The Morgan fingerprint density at radius 1 is 1.23 bits per heavy atom. The van der Waals surface area contributed by atoms with Crippen LogP contribution in [-0.2, 0) is 6.42 Å². The Morgan fingerprint density at radius 3 is 2.87 bits per heavy atom. The van der Waals surface area contributed by atoms with Crippen molar-refractivity contribution in [2.45, 2.75) is 50.7 Å². The number of benzene rings is 2. The molecule has 5 rings (SSSR count). The highest BCUT2D eigenvalue weighted by molar-refractivity contribution is 5.98. The number of piperidine rings is 2.